The predicted molar refractivity (Wildman–Crippen MR) is 173 cm³/mol. The van der Waals surface area contributed by atoms with Crippen LogP contribution < -0.4 is 32.7 Å². The Morgan fingerprint density at radius 1 is 0.318 bits per heavy atom. The van der Waals surface area contributed by atoms with Crippen molar-refractivity contribution in [2.75, 3.05) is 32.7 Å². The molecule has 0 radical (unpaired) electrons. The Morgan fingerprint density at radius 2 is 0.500 bits per heavy atom. The highest BCUT2D eigenvalue weighted by Gasteiger charge is 2.12. The molecule has 0 heterocycles. The van der Waals surface area contributed by atoms with Crippen LogP contribution in [0.1, 0.15) is 41.4 Å². The van der Waals surface area contributed by atoms with Gasteiger partial charge in [-0.3, -0.25) is 19.2 Å². The molecular weight excluding hydrogens is 556 g/mol. The van der Waals surface area contributed by atoms with Crippen molar-refractivity contribution in [3.8, 4) is 0 Å². The van der Waals surface area contributed by atoms with Gasteiger partial charge < -0.3 is 32.7 Å². The van der Waals surface area contributed by atoms with Crippen LogP contribution in [-0.2, 0) is 0 Å². The molecule has 0 bridgehead atoms. The summed E-state index contributed by atoms with van der Waals surface area (Å²) in [5.41, 5.74) is 16.3. The van der Waals surface area contributed by atoms with E-state index in [4.69, 9.17) is 11.5 Å². The Labute approximate surface area is 253 Å². The van der Waals surface area contributed by atoms with Crippen LogP contribution in [0.3, 0.4) is 0 Å². The van der Waals surface area contributed by atoms with E-state index in [1.54, 1.807) is 121 Å². The molecule has 0 spiro atoms. The van der Waals surface area contributed by atoms with Gasteiger partial charge in [-0.25, -0.2) is 0 Å². The van der Waals surface area contributed by atoms with Crippen molar-refractivity contribution in [1.29, 1.82) is 0 Å². The number of amides is 4. The Bertz CT molecular complexity index is 1800. The Hall–Kier alpha value is -6.42. The highest BCUT2D eigenvalue weighted by atomic mass is 16.2. The average molecular weight is 585 g/mol. The molecule has 0 saturated carbocycles. The number of hydrogen-bond donors (Lipinski definition) is 6. The zero-order valence-electron chi connectivity index (χ0n) is 23.3. The molecule has 0 aliphatic heterocycles. The van der Waals surface area contributed by atoms with Gasteiger partial charge in [0.2, 0.25) is 0 Å². The van der Waals surface area contributed by atoms with E-state index < -0.39 is 0 Å². The summed E-state index contributed by atoms with van der Waals surface area (Å²) >= 11 is 0. The fraction of sp³-hybridized carbons (Fsp3) is 0. The van der Waals surface area contributed by atoms with Gasteiger partial charge in [0, 0.05) is 56.4 Å². The minimum atomic E-state index is -0.367. The number of hydrogen-bond acceptors (Lipinski definition) is 6. The number of anilines is 6. The van der Waals surface area contributed by atoms with Gasteiger partial charge in [0.15, 0.2) is 0 Å². The third-order valence-corrected chi connectivity index (χ3v) is 6.56. The van der Waals surface area contributed by atoms with Gasteiger partial charge in [-0.05, 0) is 121 Å². The summed E-state index contributed by atoms with van der Waals surface area (Å²) in [5.74, 6) is -1.32. The summed E-state index contributed by atoms with van der Waals surface area (Å²) in [5, 5.41) is 11.1. The minimum absolute atomic E-state index is 0.291. The number of nitrogens with one attached hydrogen (secondary N) is 4. The first kappa shape index (κ1) is 29.1. The molecular formula is C34H28N6O4. The smallest absolute Gasteiger partial charge is 0.255 e. The second-order valence-corrected chi connectivity index (χ2v) is 9.79. The summed E-state index contributed by atoms with van der Waals surface area (Å²) in [7, 11) is 0. The van der Waals surface area contributed by atoms with Gasteiger partial charge in [0.25, 0.3) is 23.6 Å². The maximum atomic E-state index is 12.7. The lowest BCUT2D eigenvalue weighted by Gasteiger charge is -2.09. The van der Waals surface area contributed by atoms with E-state index in [-0.39, 0.29) is 23.6 Å². The number of benzene rings is 5. The molecule has 4 amide bonds. The first-order chi connectivity index (χ1) is 21.2. The van der Waals surface area contributed by atoms with Crippen molar-refractivity contribution in [3.05, 3.63) is 144 Å². The molecule has 5 aromatic carbocycles. The van der Waals surface area contributed by atoms with Crippen LogP contribution in [0.2, 0.25) is 0 Å². The SMILES string of the molecule is Nc1ccc(NC(=O)c2ccc(NC(=O)c3ccc(NC(=O)c4ccc(C(=O)Nc5ccc(N)cc5)cc4)cc3)cc2)cc1. The molecule has 44 heavy (non-hydrogen) atoms. The van der Waals surface area contributed by atoms with E-state index >= 15 is 0 Å². The summed E-state index contributed by atoms with van der Waals surface area (Å²) in [6.45, 7) is 0. The molecule has 0 aliphatic carbocycles. The lowest BCUT2D eigenvalue weighted by Crippen LogP contribution is -2.15. The van der Waals surface area contributed by atoms with Gasteiger partial charge >= 0.3 is 0 Å². The lowest BCUT2D eigenvalue weighted by molar-refractivity contribution is 0.101. The lowest BCUT2D eigenvalue weighted by atomic mass is 10.1. The Morgan fingerprint density at radius 3 is 0.727 bits per heavy atom. The van der Waals surface area contributed by atoms with E-state index in [0.717, 1.165) is 0 Å². The standard InChI is InChI=1S/C34H28N6O4/c35-25-9-17-29(18-10-25)39-32(42)22-3-1-21(2-4-22)31(41)37-27-13-5-23(6-14-27)33(43)38-28-15-7-24(8-16-28)34(44)40-30-19-11-26(36)12-20-30/h1-20H,35-36H2,(H,37,41)(H,38,43)(H,39,42)(H,40,44). The van der Waals surface area contributed by atoms with Crippen molar-refractivity contribution in [2.45, 2.75) is 0 Å². The van der Waals surface area contributed by atoms with E-state index in [1.807, 2.05) is 0 Å². The van der Waals surface area contributed by atoms with Gasteiger partial charge in [-0.1, -0.05) is 0 Å². The van der Waals surface area contributed by atoms with E-state index in [2.05, 4.69) is 21.3 Å². The van der Waals surface area contributed by atoms with Crippen LogP contribution in [0.4, 0.5) is 34.1 Å². The zero-order valence-corrected chi connectivity index (χ0v) is 23.3. The fourth-order valence-corrected chi connectivity index (χ4v) is 4.13. The molecule has 0 aromatic heterocycles. The number of carbonyl (C=O) groups excluding carboxylic acids is 4. The van der Waals surface area contributed by atoms with Crippen molar-refractivity contribution in [3.63, 3.8) is 0 Å². The average Bonchev–Trinajstić information content (AvgIpc) is 3.04. The van der Waals surface area contributed by atoms with Gasteiger partial charge in [0.1, 0.15) is 0 Å². The highest BCUT2D eigenvalue weighted by molar-refractivity contribution is 6.08. The van der Waals surface area contributed by atoms with Crippen LogP contribution in [0.15, 0.2) is 121 Å². The normalized spacial score (nSPS) is 10.4. The molecule has 0 fully saturated rings. The number of rotatable bonds is 8. The summed E-state index contributed by atoms with van der Waals surface area (Å²) in [6, 6.07) is 32.7. The highest BCUT2D eigenvalue weighted by Crippen LogP contribution is 2.18. The van der Waals surface area contributed by atoms with Crippen molar-refractivity contribution < 1.29 is 19.2 Å². The molecule has 218 valence electrons. The van der Waals surface area contributed by atoms with Gasteiger partial charge in [-0.2, -0.15) is 0 Å². The van der Waals surface area contributed by atoms with E-state index in [9.17, 15) is 19.2 Å². The monoisotopic (exact) mass is 584 g/mol. The molecule has 0 atom stereocenters. The Balaban J connectivity index is 1.12. The number of nitrogen functional groups attached to an aromatic ring is 2. The number of nitrogens with two attached hydrogens (primary N) is 2. The van der Waals surface area contributed by atoms with Gasteiger partial charge in [-0.15, -0.1) is 0 Å². The molecule has 5 aromatic rings. The molecule has 0 saturated heterocycles. The third kappa shape index (κ3) is 7.45. The molecule has 10 nitrogen and oxygen atoms in total. The minimum Gasteiger partial charge on any atom is -0.399 e. The van der Waals surface area contributed by atoms with E-state index in [0.29, 0.717) is 56.4 Å². The van der Waals surface area contributed by atoms with Crippen molar-refractivity contribution in [2.24, 2.45) is 0 Å². The first-order valence-electron chi connectivity index (χ1n) is 13.5. The predicted octanol–water partition coefficient (Wildman–Crippen LogP) is 5.86. The maximum Gasteiger partial charge on any atom is 0.255 e. The van der Waals surface area contributed by atoms with Crippen molar-refractivity contribution in [1.82, 2.24) is 0 Å². The first-order valence-corrected chi connectivity index (χ1v) is 13.5. The molecule has 0 unspecified atom stereocenters. The molecule has 0 aliphatic rings. The Kier molecular flexibility index (Phi) is 8.62. The topological polar surface area (TPSA) is 168 Å². The van der Waals surface area contributed by atoms with E-state index in [1.165, 1.54) is 0 Å². The van der Waals surface area contributed by atoms with Crippen LogP contribution in [-0.4, -0.2) is 23.6 Å². The maximum absolute atomic E-state index is 12.7. The zero-order chi connectivity index (χ0) is 31.1. The largest absolute Gasteiger partial charge is 0.399 e. The van der Waals surface area contributed by atoms with Crippen molar-refractivity contribution >= 4 is 57.8 Å². The van der Waals surface area contributed by atoms with Gasteiger partial charge in [0.05, 0.1) is 0 Å². The molecule has 8 N–H and O–H groups in total. The summed E-state index contributed by atoms with van der Waals surface area (Å²) in [4.78, 5) is 50.5. The van der Waals surface area contributed by atoms with Crippen LogP contribution in [0.5, 0.6) is 0 Å². The van der Waals surface area contributed by atoms with Crippen LogP contribution in [0.25, 0.3) is 0 Å². The summed E-state index contributed by atoms with van der Waals surface area (Å²) < 4.78 is 0. The second kappa shape index (κ2) is 13.0. The number of carbonyl (C=O) groups is 4. The molecule has 10 heteroatoms. The molecule has 5 rings (SSSR count). The quantitative estimate of drug-likeness (QED) is 0.125. The van der Waals surface area contributed by atoms with Crippen LogP contribution >= 0.6 is 0 Å². The fourth-order valence-electron chi connectivity index (χ4n) is 4.13. The second-order valence-electron chi connectivity index (χ2n) is 9.79. The van der Waals surface area contributed by atoms with Crippen LogP contribution in [0, 0.1) is 0 Å². The third-order valence-electron chi connectivity index (χ3n) is 6.56. The summed E-state index contributed by atoms with van der Waals surface area (Å²) in [6.07, 6.45) is 0.